The molecule has 2 amide bonds. The van der Waals surface area contributed by atoms with E-state index in [1.807, 2.05) is 0 Å². The van der Waals surface area contributed by atoms with E-state index in [-0.39, 0.29) is 30.5 Å². The number of ketones is 1. The van der Waals surface area contributed by atoms with Crippen molar-refractivity contribution < 1.29 is 31.5 Å². The molecule has 2 aromatic rings. The Bertz CT molecular complexity index is 972. The van der Waals surface area contributed by atoms with E-state index >= 15 is 0 Å². The number of rotatable bonds is 4. The number of Topliss-reactive ketones (excluding diaryl/α,β-unsaturated/α-hetero) is 1. The lowest BCUT2D eigenvalue weighted by Gasteiger charge is -2.34. The Kier molecular flexibility index (Phi) is 5.82. The molecule has 0 saturated carbocycles. The lowest BCUT2D eigenvalue weighted by molar-refractivity contribution is -0.168. The molecule has 0 radical (unpaired) electrons. The molecule has 162 valence electrons. The van der Waals surface area contributed by atoms with Gasteiger partial charge in [0.2, 0.25) is 0 Å². The second-order valence-corrected chi connectivity index (χ2v) is 7.30. The fraction of sp³-hybridized carbons (Fsp3) is 0.421. The van der Waals surface area contributed by atoms with Gasteiger partial charge in [-0.1, -0.05) is 6.92 Å². The van der Waals surface area contributed by atoms with Crippen LogP contribution in [0.3, 0.4) is 0 Å². The van der Waals surface area contributed by atoms with Crippen molar-refractivity contribution >= 4 is 17.5 Å². The van der Waals surface area contributed by atoms with Crippen LogP contribution in [0.15, 0.2) is 24.5 Å². The number of hydrogen-bond acceptors (Lipinski definition) is 3. The predicted octanol–water partition coefficient (Wildman–Crippen LogP) is 4.37. The number of carbonyl (C=O) groups is 2. The molecule has 0 unspecified atom stereocenters. The van der Waals surface area contributed by atoms with E-state index in [4.69, 9.17) is 0 Å². The number of alkyl halides is 3. The van der Waals surface area contributed by atoms with Crippen LogP contribution in [0.2, 0.25) is 0 Å². The number of carbonyl (C=O) groups excluding carboxylic acids is 2. The average Bonchev–Trinajstić information content (AvgIpc) is 3.05. The first-order valence-corrected chi connectivity index (χ1v) is 9.14. The standard InChI is InChI=1S/C19H19F5N4O2/c1-10(19(22,23)24)5-16(29)17-15-8-28(11(2)7-27(15)9-25-17)18(30)26-12-3-4-13(20)14(21)6-12/h3-4,6,9-11H,5,7-8H2,1-2H3,(H,26,30)/t10-,11-/m0/s1. The van der Waals surface area contributed by atoms with Gasteiger partial charge in [-0.15, -0.1) is 0 Å². The second kappa shape index (κ2) is 8.04. The van der Waals surface area contributed by atoms with E-state index in [1.165, 1.54) is 17.3 Å². The van der Waals surface area contributed by atoms with Crippen LogP contribution in [-0.2, 0) is 13.1 Å². The third kappa shape index (κ3) is 4.44. The maximum atomic E-state index is 13.4. The molecule has 0 bridgehead atoms. The van der Waals surface area contributed by atoms with Crippen LogP contribution in [0.4, 0.5) is 32.4 Å². The van der Waals surface area contributed by atoms with E-state index in [9.17, 15) is 31.5 Å². The van der Waals surface area contributed by atoms with Gasteiger partial charge in [0.1, 0.15) is 5.69 Å². The highest BCUT2D eigenvalue weighted by molar-refractivity contribution is 5.96. The average molecular weight is 430 g/mol. The molecule has 1 aliphatic rings. The lowest BCUT2D eigenvalue weighted by atomic mass is 10.0. The first-order valence-electron chi connectivity index (χ1n) is 9.14. The van der Waals surface area contributed by atoms with Crippen molar-refractivity contribution in [2.45, 2.75) is 45.6 Å². The third-order valence-corrected chi connectivity index (χ3v) is 5.01. The highest BCUT2D eigenvalue weighted by atomic mass is 19.4. The summed E-state index contributed by atoms with van der Waals surface area (Å²) >= 11 is 0. The largest absolute Gasteiger partial charge is 0.391 e. The summed E-state index contributed by atoms with van der Waals surface area (Å²) in [4.78, 5) is 30.3. The van der Waals surface area contributed by atoms with Gasteiger partial charge in [0, 0.05) is 30.8 Å². The molecule has 1 aliphatic heterocycles. The first kappa shape index (κ1) is 21.7. The molecule has 0 saturated heterocycles. The predicted molar refractivity (Wildman–Crippen MR) is 96.8 cm³/mol. The van der Waals surface area contributed by atoms with Crippen LogP contribution < -0.4 is 5.32 Å². The Morgan fingerprint density at radius 2 is 1.97 bits per heavy atom. The molecule has 1 aromatic heterocycles. The third-order valence-electron chi connectivity index (χ3n) is 5.01. The molecule has 0 aliphatic carbocycles. The smallest absolute Gasteiger partial charge is 0.330 e. The molecular weight excluding hydrogens is 411 g/mol. The molecular formula is C19H19F5N4O2. The number of benzene rings is 1. The number of halogens is 5. The highest BCUT2D eigenvalue weighted by Crippen LogP contribution is 2.30. The number of anilines is 1. The van der Waals surface area contributed by atoms with Crippen LogP contribution >= 0.6 is 0 Å². The minimum Gasteiger partial charge on any atom is -0.330 e. The summed E-state index contributed by atoms with van der Waals surface area (Å²) < 4.78 is 66.4. The Balaban J connectivity index is 1.77. The molecule has 1 aromatic carbocycles. The summed E-state index contributed by atoms with van der Waals surface area (Å²) in [6.45, 7) is 2.86. The second-order valence-electron chi connectivity index (χ2n) is 7.30. The molecule has 30 heavy (non-hydrogen) atoms. The summed E-state index contributed by atoms with van der Waals surface area (Å²) in [6, 6.07) is 1.94. The van der Waals surface area contributed by atoms with Gasteiger partial charge in [0.25, 0.3) is 0 Å². The Morgan fingerprint density at radius 3 is 2.60 bits per heavy atom. The van der Waals surface area contributed by atoms with Gasteiger partial charge in [0.05, 0.1) is 24.5 Å². The first-order chi connectivity index (χ1) is 14.0. The molecule has 3 rings (SSSR count). The van der Waals surface area contributed by atoms with Gasteiger partial charge < -0.3 is 14.8 Å². The number of fused-ring (bicyclic) bond motifs is 1. The van der Waals surface area contributed by atoms with Gasteiger partial charge in [-0.3, -0.25) is 4.79 Å². The minimum atomic E-state index is -4.50. The van der Waals surface area contributed by atoms with Crippen molar-refractivity contribution in [2.75, 3.05) is 5.32 Å². The van der Waals surface area contributed by atoms with Crippen molar-refractivity contribution in [1.82, 2.24) is 14.5 Å². The monoisotopic (exact) mass is 430 g/mol. The van der Waals surface area contributed by atoms with Crippen molar-refractivity contribution in [3.8, 4) is 0 Å². The summed E-state index contributed by atoms with van der Waals surface area (Å²) in [6.07, 6.45) is -3.88. The molecule has 2 atom stereocenters. The van der Waals surface area contributed by atoms with Gasteiger partial charge in [-0.2, -0.15) is 13.2 Å². The molecule has 11 heteroatoms. The number of imidazole rings is 1. The van der Waals surface area contributed by atoms with Crippen LogP contribution in [0.25, 0.3) is 0 Å². The van der Waals surface area contributed by atoms with Gasteiger partial charge in [-0.05, 0) is 19.1 Å². The number of hydrogen-bond donors (Lipinski definition) is 1. The number of nitrogens with zero attached hydrogens (tertiary/aromatic N) is 3. The van der Waals surface area contributed by atoms with Gasteiger partial charge in [0.15, 0.2) is 17.4 Å². The summed E-state index contributed by atoms with van der Waals surface area (Å²) in [7, 11) is 0. The van der Waals surface area contributed by atoms with E-state index < -0.39 is 42.0 Å². The highest BCUT2D eigenvalue weighted by Gasteiger charge is 2.39. The van der Waals surface area contributed by atoms with Crippen molar-refractivity contribution in [2.24, 2.45) is 5.92 Å². The zero-order valence-corrected chi connectivity index (χ0v) is 16.1. The molecule has 2 heterocycles. The van der Waals surface area contributed by atoms with Crippen molar-refractivity contribution in [1.29, 1.82) is 0 Å². The van der Waals surface area contributed by atoms with E-state index in [2.05, 4.69) is 10.3 Å². The number of nitrogens with one attached hydrogen (secondary N) is 1. The van der Waals surface area contributed by atoms with Gasteiger partial charge in [-0.25, -0.2) is 18.6 Å². The summed E-state index contributed by atoms with van der Waals surface area (Å²) in [5.74, 6) is -4.76. The lowest BCUT2D eigenvalue weighted by Crippen LogP contribution is -2.46. The van der Waals surface area contributed by atoms with Crippen LogP contribution in [0, 0.1) is 17.6 Å². The van der Waals surface area contributed by atoms with Gasteiger partial charge >= 0.3 is 12.2 Å². The molecule has 6 nitrogen and oxygen atoms in total. The molecule has 0 spiro atoms. The van der Waals surface area contributed by atoms with Crippen molar-refractivity contribution in [3.05, 3.63) is 47.5 Å². The number of amides is 2. The zero-order valence-electron chi connectivity index (χ0n) is 16.1. The summed E-state index contributed by atoms with van der Waals surface area (Å²) in [5, 5.41) is 2.45. The van der Waals surface area contributed by atoms with Crippen molar-refractivity contribution in [3.63, 3.8) is 0 Å². The SMILES string of the molecule is C[C@H]1Cn2cnc(C(=O)C[C@H](C)C(F)(F)F)c2CN1C(=O)Nc1ccc(F)c(F)c1. The van der Waals surface area contributed by atoms with E-state index in [0.717, 1.165) is 19.1 Å². The van der Waals surface area contributed by atoms with Crippen LogP contribution in [0.5, 0.6) is 0 Å². The Labute approximate surface area is 168 Å². The number of urea groups is 1. The van der Waals surface area contributed by atoms with Crippen LogP contribution in [-0.4, -0.2) is 38.5 Å². The fourth-order valence-electron chi connectivity index (χ4n) is 3.20. The summed E-state index contributed by atoms with van der Waals surface area (Å²) in [5.41, 5.74) is 0.261. The molecule has 0 fully saturated rings. The van der Waals surface area contributed by atoms with E-state index in [1.54, 1.807) is 11.5 Å². The number of aromatic nitrogens is 2. The maximum Gasteiger partial charge on any atom is 0.391 e. The Morgan fingerprint density at radius 1 is 1.27 bits per heavy atom. The van der Waals surface area contributed by atoms with E-state index in [0.29, 0.717) is 5.69 Å². The topological polar surface area (TPSA) is 67.2 Å². The minimum absolute atomic E-state index is 0.0421. The Hall–Kier alpha value is -2.98. The molecule has 1 N–H and O–H groups in total. The van der Waals surface area contributed by atoms with Crippen LogP contribution in [0.1, 0.15) is 36.5 Å². The maximum absolute atomic E-state index is 13.4. The quantitative estimate of drug-likeness (QED) is 0.579. The zero-order chi connectivity index (χ0) is 22.2. The normalized spacial score (nSPS) is 17.4. The fourth-order valence-corrected chi connectivity index (χ4v) is 3.20.